The molecule has 0 unspecified atom stereocenters. The summed E-state index contributed by atoms with van der Waals surface area (Å²) in [7, 11) is 0. The van der Waals surface area contributed by atoms with E-state index in [-0.39, 0.29) is 0 Å². The van der Waals surface area contributed by atoms with E-state index >= 15 is 0 Å². The number of hydrogen-bond acceptors (Lipinski definition) is 3. The SMILES string of the molecule is Nc1nccn1-c1cn[nH]c1. The van der Waals surface area contributed by atoms with E-state index in [1.165, 1.54) is 0 Å². The number of aromatic nitrogens is 4. The van der Waals surface area contributed by atoms with Crippen LogP contribution in [0.1, 0.15) is 0 Å². The number of H-pyrrole nitrogens is 1. The van der Waals surface area contributed by atoms with Gasteiger partial charge >= 0.3 is 0 Å². The van der Waals surface area contributed by atoms with Crippen molar-refractivity contribution in [1.29, 1.82) is 0 Å². The van der Waals surface area contributed by atoms with Crippen molar-refractivity contribution in [3.8, 4) is 5.69 Å². The van der Waals surface area contributed by atoms with Crippen LogP contribution < -0.4 is 5.73 Å². The van der Waals surface area contributed by atoms with Gasteiger partial charge in [-0.15, -0.1) is 0 Å². The Morgan fingerprint density at radius 3 is 3.00 bits per heavy atom. The first-order valence-corrected chi connectivity index (χ1v) is 3.16. The van der Waals surface area contributed by atoms with E-state index in [1.54, 1.807) is 29.4 Å². The first-order chi connectivity index (χ1) is 5.38. The summed E-state index contributed by atoms with van der Waals surface area (Å²) in [6, 6.07) is 0. The second-order valence-electron chi connectivity index (χ2n) is 2.11. The molecule has 0 bridgehead atoms. The average molecular weight is 149 g/mol. The standard InChI is InChI=1S/C6H7N5/c7-6-8-1-2-11(6)5-3-9-10-4-5/h1-4H,(H2,7,8)(H,9,10). The van der Waals surface area contributed by atoms with Crippen LogP contribution in [0.5, 0.6) is 0 Å². The van der Waals surface area contributed by atoms with E-state index < -0.39 is 0 Å². The van der Waals surface area contributed by atoms with Gasteiger partial charge in [0.1, 0.15) is 0 Å². The van der Waals surface area contributed by atoms with Gasteiger partial charge in [-0.3, -0.25) is 9.67 Å². The smallest absolute Gasteiger partial charge is 0.204 e. The number of anilines is 1. The van der Waals surface area contributed by atoms with Gasteiger partial charge in [-0.05, 0) is 0 Å². The number of nitrogen functional groups attached to an aromatic ring is 1. The zero-order chi connectivity index (χ0) is 7.68. The summed E-state index contributed by atoms with van der Waals surface area (Å²) >= 11 is 0. The molecule has 2 rings (SSSR count). The van der Waals surface area contributed by atoms with Crippen molar-refractivity contribution in [2.24, 2.45) is 0 Å². The number of nitrogens with two attached hydrogens (primary N) is 1. The van der Waals surface area contributed by atoms with Crippen LogP contribution in [-0.2, 0) is 0 Å². The van der Waals surface area contributed by atoms with Crippen LogP contribution >= 0.6 is 0 Å². The Bertz CT molecular complexity index is 333. The van der Waals surface area contributed by atoms with Crippen molar-refractivity contribution in [3.63, 3.8) is 0 Å². The van der Waals surface area contributed by atoms with Crippen molar-refractivity contribution in [3.05, 3.63) is 24.8 Å². The lowest BCUT2D eigenvalue weighted by Gasteiger charge is -1.96. The second kappa shape index (κ2) is 2.12. The van der Waals surface area contributed by atoms with Gasteiger partial charge in [-0.2, -0.15) is 5.10 Å². The van der Waals surface area contributed by atoms with Crippen molar-refractivity contribution in [2.45, 2.75) is 0 Å². The minimum Gasteiger partial charge on any atom is -0.369 e. The van der Waals surface area contributed by atoms with Crippen LogP contribution in [0.25, 0.3) is 5.69 Å². The lowest BCUT2D eigenvalue weighted by molar-refractivity contribution is 1.08. The van der Waals surface area contributed by atoms with Crippen LogP contribution in [0.2, 0.25) is 0 Å². The fraction of sp³-hybridized carbons (Fsp3) is 0. The lowest BCUT2D eigenvalue weighted by Crippen LogP contribution is -1.97. The Hall–Kier alpha value is -1.78. The van der Waals surface area contributed by atoms with E-state index in [0.717, 1.165) is 5.69 Å². The summed E-state index contributed by atoms with van der Waals surface area (Å²) in [6.45, 7) is 0. The highest BCUT2D eigenvalue weighted by Crippen LogP contribution is 2.08. The zero-order valence-electron chi connectivity index (χ0n) is 5.73. The van der Waals surface area contributed by atoms with Crippen LogP contribution in [0.15, 0.2) is 24.8 Å². The van der Waals surface area contributed by atoms with Crippen LogP contribution in [0.4, 0.5) is 5.95 Å². The summed E-state index contributed by atoms with van der Waals surface area (Å²) in [6.07, 6.45) is 6.85. The summed E-state index contributed by atoms with van der Waals surface area (Å²) in [5.74, 6) is 0.464. The first kappa shape index (κ1) is 5.96. The van der Waals surface area contributed by atoms with E-state index in [0.29, 0.717) is 5.95 Å². The van der Waals surface area contributed by atoms with Gasteiger partial charge in [0, 0.05) is 18.6 Å². The molecule has 2 aromatic heterocycles. The number of nitrogens with zero attached hydrogens (tertiary/aromatic N) is 3. The van der Waals surface area contributed by atoms with Gasteiger partial charge in [-0.25, -0.2) is 4.98 Å². The molecule has 2 heterocycles. The molecular formula is C6H7N5. The Kier molecular flexibility index (Phi) is 1.15. The second-order valence-corrected chi connectivity index (χ2v) is 2.11. The molecule has 3 N–H and O–H groups in total. The van der Waals surface area contributed by atoms with E-state index in [9.17, 15) is 0 Å². The molecule has 5 nitrogen and oxygen atoms in total. The van der Waals surface area contributed by atoms with E-state index in [4.69, 9.17) is 5.73 Å². The third-order valence-corrected chi connectivity index (χ3v) is 1.43. The molecule has 0 saturated heterocycles. The third kappa shape index (κ3) is 0.861. The van der Waals surface area contributed by atoms with Crippen LogP contribution in [0.3, 0.4) is 0 Å². The van der Waals surface area contributed by atoms with E-state index in [2.05, 4.69) is 15.2 Å². The molecule has 0 amide bonds. The highest BCUT2D eigenvalue weighted by Gasteiger charge is 1.99. The van der Waals surface area contributed by atoms with Crippen LogP contribution in [0, 0.1) is 0 Å². The number of rotatable bonds is 1. The molecule has 2 aromatic rings. The molecule has 0 aliphatic carbocycles. The molecule has 0 fully saturated rings. The van der Waals surface area contributed by atoms with Gasteiger partial charge in [0.05, 0.1) is 11.9 Å². The van der Waals surface area contributed by atoms with Crippen molar-refractivity contribution in [2.75, 3.05) is 5.73 Å². The maximum absolute atomic E-state index is 5.54. The monoisotopic (exact) mass is 149 g/mol. The topological polar surface area (TPSA) is 72.5 Å². The molecule has 56 valence electrons. The highest BCUT2D eigenvalue weighted by atomic mass is 15.2. The summed E-state index contributed by atoms with van der Waals surface area (Å²) < 4.78 is 1.74. The Balaban J connectivity index is 2.53. The van der Waals surface area contributed by atoms with Gasteiger partial charge in [0.15, 0.2) is 0 Å². The van der Waals surface area contributed by atoms with Gasteiger partial charge in [0.25, 0.3) is 0 Å². The number of aromatic amines is 1. The molecule has 0 saturated carbocycles. The molecule has 0 radical (unpaired) electrons. The number of hydrogen-bond donors (Lipinski definition) is 2. The summed E-state index contributed by atoms with van der Waals surface area (Å²) in [5, 5.41) is 6.48. The zero-order valence-corrected chi connectivity index (χ0v) is 5.73. The highest BCUT2D eigenvalue weighted by molar-refractivity contribution is 5.34. The minimum absolute atomic E-state index is 0.464. The molecular weight excluding hydrogens is 142 g/mol. The first-order valence-electron chi connectivity index (χ1n) is 3.16. The normalized spacial score (nSPS) is 10.2. The van der Waals surface area contributed by atoms with Gasteiger partial charge in [0.2, 0.25) is 5.95 Å². The molecule has 0 atom stereocenters. The molecule has 0 spiro atoms. The molecule has 5 heteroatoms. The predicted octanol–water partition coefficient (Wildman–Crippen LogP) is 0.178. The Morgan fingerprint density at radius 1 is 1.55 bits per heavy atom. The van der Waals surface area contributed by atoms with Crippen molar-refractivity contribution < 1.29 is 0 Å². The third-order valence-electron chi connectivity index (χ3n) is 1.43. The minimum atomic E-state index is 0.464. The average Bonchev–Trinajstić information content (AvgIpc) is 2.55. The maximum atomic E-state index is 5.54. The van der Waals surface area contributed by atoms with Crippen LogP contribution in [-0.4, -0.2) is 19.7 Å². The van der Waals surface area contributed by atoms with Gasteiger partial charge < -0.3 is 5.73 Å². The molecule has 11 heavy (non-hydrogen) atoms. The van der Waals surface area contributed by atoms with Crippen molar-refractivity contribution >= 4 is 5.95 Å². The predicted molar refractivity (Wildman–Crippen MR) is 40.1 cm³/mol. The molecule has 0 aromatic carbocycles. The van der Waals surface area contributed by atoms with Crippen molar-refractivity contribution in [1.82, 2.24) is 19.7 Å². The number of imidazole rings is 1. The summed E-state index contributed by atoms with van der Waals surface area (Å²) in [5.41, 5.74) is 6.43. The number of nitrogens with one attached hydrogen (secondary N) is 1. The Morgan fingerprint density at radius 2 is 2.45 bits per heavy atom. The lowest BCUT2D eigenvalue weighted by atomic mass is 10.5. The molecule has 0 aliphatic rings. The fourth-order valence-corrected chi connectivity index (χ4v) is 0.909. The summed E-state index contributed by atoms with van der Waals surface area (Å²) in [4.78, 5) is 3.87. The molecule has 0 aliphatic heterocycles. The van der Waals surface area contributed by atoms with E-state index in [1.807, 2.05) is 0 Å². The Labute approximate surface area is 62.9 Å². The maximum Gasteiger partial charge on any atom is 0.204 e. The largest absolute Gasteiger partial charge is 0.369 e. The fourth-order valence-electron chi connectivity index (χ4n) is 0.909. The van der Waals surface area contributed by atoms with Gasteiger partial charge in [-0.1, -0.05) is 0 Å². The quantitative estimate of drug-likeness (QED) is 0.607.